The van der Waals surface area contributed by atoms with Gasteiger partial charge in [-0.3, -0.25) is 19.3 Å². The van der Waals surface area contributed by atoms with Crippen LogP contribution in [0.1, 0.15) is 32.3 Å². The molecule has 0 fully saturated rings. The predicted molar refractivity (Wildman–Crippen MR) is 83.6 cm³/mol. The van der Waals surface area contributed by atoms with Gasteiger partial charge in [0.05, 0.1) is 4.90 Å². The van der Waals surface area contributed by atoms with E-state index < -0.39 is 22.1 Å². The van der Waals surface area contributed by atoms with Gasteiger partial charge in [0, 0.05) is 18.5 Å². The van der Waals surface area contributed by atoms with E-state index in [0.717, 1.165) is 0 Å². The summed E-state index contributed by atoms with van der Waals surface area (Å²) in [6, 6.07) is 6.57. The molecule has 0 aliphatic carbocycles. The SMILES string of the molecule is CC(=O)C(C)OC(=O)CCCN=C1NS(=O)(=O)c2ccccc21. The second-order valence-corrected chi connectivity index (χ2v) is 6.83. The van der Waals surface area contributed by atoms with Crippen molar-refractivity contribution in [2.24, 2.45) is 4.99 Å². The number of hydrogen-bond donors (Lipinski definition) is 1. The van der Waals surface area contributed by atoms with Gasteiger partial charge in [0.2, 0.25) is 0 Å². The summed E-state index contributed by atoms with van der Waals surface area (Å²) in [5.41, 5.74) is 0.528. The smallest absolute Gasteiger partial charge is 0.306 e. The molecule has 1 atom stereocenters. The molecule has 1 heterocycles. The van der Waals surface area contributed by atoms with E-state index in [4.69, 9.17) is 4.74 Å². The number of Topliss-reactive ketones (excluding diaryl/α,β-unsaturated/α-hetero) is 1. The minimum atomic E-state index is -3.54. The normalized spacial score (nSPS) is 18.1. The van der Waals surface area contributed by atoms with E-state index in [0.29, 0.717) is 12.0 Å². The zero-order valence-electron chi connectivity index (χ0n) is 12.9. The maximum atomic E-state index is 11.9. The van der Waals surface area contributed by atoms with Crippen LogP contribution in [0, 0.1) is 0 Å². The lowest BCUT2D eigenvalue weighted by Gasteiger charge is -2.09. The number of fused-ring (bicyclic) bond motifs is 1. The fraction of sp³-hybridized carbons (Fsp3) is 0.400. The van der Waals surface area contributed by atoms with Gasteiger partial charge in [-0.25, -0.2) is 8.42 Å². The molecule has 0 aromatic heterocycles. The number of esters is 1. The van der Waals surface area contributed by atoms with Crippen molar-refractivity contribution in [2.45, 2.75) is 37.7 Å². The molecule has 1 N–H and O–H groups in total. The minimum Gasteiger partial charge on any atom is -0.455 e. The Morgan fingerprint density at radius 2 is 2.00 bits per heavy atom. The Balaban J connectivity index is 1.91. The lowest BCUT2D eigenvalue weighted by atomic mass is 10.2. The molecular weight excluding hydrogens is 320 g/mol. The van der Waals surface area contributed by atoms with Crippen LogP contribution in [-0.2, 0) is 24.3 Å². The summed E-state index contributed by atoms with van der Waals surface area (Å²) in [7, 11) is -3.54. The predicted octanol–water partition coefficient (Wildman–Crippen LogP) is 1.03. The maximum Gasteiger partial charge on any atom is 0.306 e. The Hall–Kier alpha value is -2.22. The third kappa shape index (κ3) is 4.16. The summed E-state index contributed by atoms with van der Waals surface area (Å²) in [5.74, 6) is -0.401. The number of aliphatic imine (C=N–C) groups is 1. The average Bonchev–Trinajstić information content (AvgIpc) is 2.75. The number of nitrogens with zero attached hydrogens (tertiary/aromatic N) is 1. The second-order valence-electron chi connectivity index (χ2n) is 5.18. The van der Waals surface area contributed by atoms with Crippen LogP contribution in [0.15, 0.2) is 34.2 Å². The highest BCUT2D eigenvalue weighted by Crippen LogP contribution is 2.22. The molecule has 2 rings (SSSR count). The van der Waals surface area contributed by atoms with E-state index in [1.807, 2.05) is 0 Å². The molecule has 0 spiro atoms. The molecule has 1 aliphatic heterocycles. The summed E-state index contributed by atoms with van der Waals surface area (Å²) >= 11 is 0. The molecule has 0 radical (unpaired) electrons. The number of benzene rings is 1. The number of rotatable bonds is 6. The first-order chi connectivity index (χ1) is 10.8. The van der Waals surface area contributed by atoms with Crippen molar-refractivity contribution >= 4 is 27.6 Å². The highest BCUT2D eigenvalue weighted by Gasteiger charge is 2.29. The Bertz CT molecular complexity index is 755. The number of hydrogen-bond acceptors (Lipinski definition) is 6. The summed E-state index contributed by atoms with van der Waals surface area (Å²) in [5, 5.41) is 0. The maximum absolute atomic E-state index is 11.9. The van der Waals surface area contributed by atoms with Gasteiger partial charge < -0.3 is 4.74 Å². The second kappa shape index (κ2) is 6.91. The Kier molecular flexibility index (Phi) is 5.15. The lowest BCUT2D eigenvalue weighted by molar-refractivity contribution is -0.153. The Labute approximate surface area is 134 Å². The molecule has 1 aromatic rings. The molecule has 23 heavy (non-hydrogen) atoms. The van der Waals surface area contributed by atoms with Crippen LogP contribution in [0.5, 0.6) is 0 Å². The molecule has 0 saturated carbocycles. The molecule has 1 unspecified atom stereocenters. The van der Waals surface area contributed by atoms with E-state index in [-0.39, 0.29) is 29.5 Å². The fourth-order valence-electron chi connectivity index (χ4n) is 2.00. The minimum absolute atomic E-state index is 0.114. The van der Waals surface area contributed by atoms with Crippen molar-refractivity contribution in [3.8, 4) is 0 Å². The van der Waals surface area contributed by atoms with E-state index in [2.05, 4.69) is 9.71 Å². The molecule has 1 aliphatic rings. The average molecular weight is 338 g/mol. The zero-order chi connectivity index (χ0) is 17.0. The molecule has 124 valence electrons. The van der Waals surface area contributed by atoms with Gasteiger partial charge in [0.1, 0.15) is 5.84 Å². The zero-order valence-corrected chi connectivity index (χ0v) is 13.7. The van der Waals surface area contributed by atoms with Crippen molar-refractivity contribution in [3.63, 3.8) is 0 Å². The van der Waals surface area contributed by atoms with Crippen LogP contribution in [0.2, 0.25) is 0 Å². The highest BCUT2D eigenvalue weighted by atomic mass is 32.2. The van der Waals surface area contributed by atoms with Gasteiger partial charge in [-0.05, 0) is 32.4 Å². The molecule has 8 heteroatoms. The van der Waals surface area contributed by atoms with Gasteiger partial charge in [-0.1, -0.05) is 12.1 Å². The van der Waals surface area contributed by atoms with Gasteiger partial charge in [-0.2, -0.15) is 0 Å². The van der Waals surface area contributed by atoms with Crippen LogP contribution in [0.3, 0.4) is 0 Å². The number of amidine groups is 1. The quantitative estimate of drug-likeness (QED) is 0.616. The van der Waals surface area contributed by atoms with E-state index >= 15 is 0 Å². The number of ketones is 1. The van der Waals surface area contributed by atoms with E-state index in [1.165, 1.54) is 19.9 Å². The van der Waals surface area contributed by atoms with E-state index in [1.54, 1.807) is 18.2 Å². The first kappa shape index (κ1) is 17.1. The van der Waals surface area contributed by atoms with Crippen molar-refractivity contribution < 1.29 is 22.7 Å². The number of carbonyl (C=O) groups is 2. The van der Waals surface area contributed by atoms with Crippen molar-refractivity contribution in [1.29, 1.82) is 0 Å². The monoisotopic (exact) mass is 338 g/mol. The van der Waals surface area contributed by atoms with Gasteiger partial charge in [-0.15, -0.1) is 0 Å². The Morgan fingerprint density at radius 1 is 1.30 bits per heavy atom. The molecule has 0 amide bonds. The largest absolute Gasteiger partial charge is 0.455 e. The lowest BCUT2D eigenvalue weighted by Crippen LogP contribution is -2.23. The van der Waals surface area contributed by atoms with Gasteiger partial charge >= 0.3 is 5.97 Å². The topological polar surface area (TPSA) is 102 Å². The highest BCUT2D eigenvalue weighted by molar-refractivity contribution is 7.90. The first-order valence-electron chi connectivity index (χ1n) is 7.18. The summed E-state index contributed by atoms with van der Waals surface area (Å²) in [4.78, 5) is 26.9. The molecular formula is C15H18N2O5S. The van der Waals surface area contributed by atoms with Crippen LogP contribution in [0.4, 0.5) is 0 Å². The molecule has 1 aromatic carbocycles. The number of carbonyl (C=O) groups excluding carboxylic acids is 2. The van der Waals surface area contributed by atoms with Crippen molar-refractivity contribution in [3.05, 3.63) is 29.8 Å². The Morgan fingerprint density at radius 3 is 2.70 bits per heavy atom. The molecule has 0 saturated heterocycles. The van der Waals surface area contributed by atoms with Gasteiger partial charge in [0.25, 0.3) is 10.0 Å². The third-order valence-electron chi connectivity index (χ3n) is 3.35. The summed E-state index contributed by atoms with van der Waals surface area (Å²) in [6.07, 6.45) is -0.234. The van der Waals surface area contributed by atoms with E-state index in [9.17, 15) is 18.0 Å². The number of ether oxygens (including phenoxy) is 1. The molecule has 0 bridgehead atoms. The summed E-state index contributed by atoms with van der Waals surface area (Å²) < 4.78 is 31.1. The van der Waals surface area contributed by atoms with Gasteiger partial charge in [0.15, 0.2) is 11.9 Å². The van der Waals surface area contributed by atoms with Crippen molar-refractivity contribution in [2.75, 3.05) is 6.54 Å². The summed E-state index contributed by atoms with van der Waals surface area (Å²) in [6.45, 7) is 3.15. The standard InChI is InChI=1S/C15H18N2O5S/c1-10(18)11(2)22-14(19)8-5-9-16-15-12-6-3-4-7-13(12)23(20,21)17-15/h3-4,6-7,11H,5,8-9H2,1-2H3,(H,16,17). The first-order valence-corrected chi connectivity index (χ1v) is 8.66. The molecule has 7 nitrogen and oxygen atoms in total. The van der Waals surface area contributed by atoms with Crippen LogP contribution in [0.25, 0.3) is 0 Å². The van der Waals surface area contributed by atoms with Crippen LogP contribution >= 0.6 is 0 Å². The number of sulfonamides is 1. The number of nitrogens with one attached hydrogen (secondary N) is 1. The van der Waals surface area contributed by atoms with Crippen LogP contribution in [-0.4, -0.2) is 38.7 Å². The van der Waals surface area contributed by atoms with Crippen molar-refractivity contribution in [1.82, 2.24) is 4.72 Å². The van der Waals surface area contributed by atoms with Crippen LogP contribution < -0.4 is 4.72 Å². The third-order valence-corrected chi connectivity index (χ3v) is 4.75. The fourth-order valence-corrected chi connectivity index (χ4v) is 3.26.